The van der Waals surface area contributed by atoms with Crippen LogP contribution in [0.15, 0.2) is 18.5 Å². The van der Waals surface area contributed by atoms with Gasteiger partial charge in [0.2, 0.25) is 0 Å². The van der Waals surface area contributed by atoms with Crippen molar-refractivity contribution in [2.75, 3.05) is 0 Å². The van der Waals surface area contributed by atoms with Crippen molar-refractivity contribution >= 4 is 0 Å². The Hall–Kier alpha value is -0.960. The van der Waals surface area contributed by atoms with Crippen LogP contribution in [0, 0.1) is 23.7 Å². The van der Waals surface area contributed by atoms with E-state index in [1.54, 1.807) is 6.20 Å². The van der Waals surface area contributed by atoms with E-state index >= 15 is 0 Å². The normalized spacial score (nSPS) is 41.2. The minimum Gasteiger partial charge on any atom is -0.310 e. The molecule has 1 aromatic heterocycles. The fourth-order valence-corrected chi connectivity index (χ4v) is 4.97. The van der Waals surface area contributed by atoms with Gasteiger partial charge < -0.3 is 5.32 Å². The van der Waals surface area contributed by atoms with Gasteiger partial charge in [-0.25, -0.2) is 0 Å². The summed E-state index contributed by atoms with van der Waals surface area (Å²) in [4.78, 5) is 0. The van der Waals surface area contributed by atoms with Gasteiger partial charge in [-0.2, -0.15) is 10.2 Å². The molecule has 5 atom stereocenters. The number of fused-ring (bicyclic) bond motifs is 5. The second kappa shape index (κ2) is 4.30. The molecule has 0 radical (unpaired) electrons. The summed E-state index contributed by atoms with van der Waals surface area (Å²) in [5, 5.41) is 11.5. The molecule has 1 heterocycles. The van der Waals surface area contributed by atoms with E-state index in [1.807, 2.05) is 6.20 Å². The molecule has 0 aliphatic heterocycles. The average Bonchev–Trinajstić information content (AvgIpc) is 3.09. The van der Waals surface area contributed by atoms with Crippen molar-refractivity contribution in [3.05, 3.63) is 24.0 Å². The summed E-state index contributed by atoms with van der Waals surface area (Å²) in [6.07, 6.45) is 11.1. The minimum atomic E-state index is 0.766. The highest BCUT2D eigenvalue weighted by atomic mass is 15.1. The Labute approximate surface area is 108 Å². The number of nitrogens with one attached hydrogen (secondary N) is 1. The fourth-order valence-electron chi connectivity index (χ4n) is 4.97. The molecule has 1 N–H and O–H groups in total. The lowest BCUT2D eigenvalue weighted by molar-refractivity contribution is 0.208. The SMILES string of the molecule is c1cc(CN[C@@H]2C[C@@H]3C[C@H]2[C@@H]2CCC[C@H]32)cnn1. The van der Waals surface area contributed by atoms with Crippen LogP contribution in [0.3, 0.4) is 0 Å². The summed E-state index contributed by atoms with van der Waals surface area (Å²) >= 11 is 0. The van der Waals surface area contributed by atoms with Gasteiger partial charge in [0, 0.05) is 18.8 Å². The van der Waals surface area contributed by atoms with E-state index in [1.165, 1.54) is 37.7 Å². The van der Waals surface area contributed by atoms with Crippen LogP contribution in [0.2, 0.25) is 0 Å². The fraction of sp³-hybridized carbons (Fsp3) is 0.733. The third-order valence-corrected chi connectivity index (χ3v) is 5.64. The van der Waals surface area contributed by atoms with E-state index in [-0.39, 0.29) is 0 Å². The summed E-state index contributed by atoms with van der Waals surface area (Å²) < 4.78 is 0. The maximum absolute atomic E-state index is 3.94. The lowest BCUT2D eigenvalue weighted by Crippen LogP contribution is -2.38. The topological polar surface area (TPSA) is 37.8 Å². The molecule has 0 aromatic carbocycles. The molecule has 18 heavy (non-hydrogen) atoms. The zero-order chi connectivity index (χ0) is 11.9. The molecular weight excluding hydrogens is 222 g/mol. The third-order valence-electron chi connectivity index (χ3n) is 5.64. The summed E-state index contributed by atoms with van der Waals surface area (Å²) in [6, 6.07) is 2.83. The van der Waals surface area contributed by atoms with Crippen molar-refractivity contribution in [2.45, 2.75) is 44.7 Å². The summed E-state index contributed by atoms with van der Waals surface area (Å²) in [7, 11) is 0. The highest BCUT2D eigenvalue weighted by Gasteiger charge is 2.53. The molecule has 3 saturated carbocycles. The number of aromatic nitrogens is 2. The molecule has 3 fully saturated rings. The van der Waals surface area contributed by atoms with E-state index in [4.69, 9.17) is 0 Å². The smallest absolute Gasteiger partial charge is 0.0541 e. The first-order chi connectivity index (χ1) is 8.92. The van der Waals surface area contributed by atoms with Gasteiger partial charge in [-0.1, -0.05) is 6.42 Å². The van der Waals surface area contributed by atoms with Crippen molar-refractivity contribution in [2.24, 2.45) is 23.7 Å². The zero-order valence-electron chi connectivity index (χ0n) is 10.8. The van der Waals surface area contributed by atoms with Crippen LogP contribution in [0.25, 0.3) is 0 Å². The second-order valence-corrected chi connectivity index (χ2v) is 6.39. The first kappa shape index (κ1) is 10.9. The van der Waals surface area contributed by atoms with E-state index in [0.717, 1.165) is 36.3 Å². The molecule has 1 aromatic rings. The Morgan fingerprint density at radius 3 is 2.94 bits per heavy atom. The van der Waals surface area contributed by atoms with E-state index < -0.39 is 0 Å². The molecule has 3 nitrogen and oxygen atoms in total. The molecule has 96 valence electrons. The lowest BCUT2D eigenvalue weighted by Gasteiger charge is -2.32. The van der Waals surface area contributed by atoms with Crippen LogP contribution in [0.1, 0.15) is 37.7 Å². The minimum absolute atomic E-state index is 0.766. The van der Waals surface area contributed by atoms with Crippen LogP contribution in [-0.4, -0.2) is 16.2 Å². The van der Waals surface area contributed by atoms with Gasteiger partial charge >= 0.3 is 0 Å². The monoisotopic (exact) mass is 243 g/mol. The highest BCUT2D eigenvalue weighted by Crippen LogP contribution is 2.58. The van der Waals surface area contributed by atoms with Gasteiger partial charge in [-0.15, -0.1) is 0 Å². The first-order valence-corrected chi connectivity index (χ1v) is 7.41. The van der Waals surface area contributed by atoms with Crippen molar-refractivity contribution < 1.29 is 0 Å². The molecule has 0 unspecified atom stereocenters. The quantitative estimate of drug-likeness (QED) is 0.885. The van der Waals surface area contributed by atoms with Crippen LogP contribution in [0.4, 0.5) is 0 Å². The largest absolute Gasteiger partial charge is 0.310 e. The Morgan fingerprint density at radius 2 is 2.06 bits per heavy atom. The van der Waals surface area contributed by atoms with Gasteiger partial charge in [0.05, 0.1) is 6.20 Å². The van der Waals surface area contributed by atoms with E-state index in [9.17, 15) is 0 Å². The molecule has 0 saturated heterocycles. The van der Waals surface area contributed by atoms with Crippen molar-refractivity contribution in [3.8, 4) is 0 Å². The molecule has 0 spiro atoms. The Kier molecular flexibility index (Phi) is 2.61. The van der Waals surface area contributed by atoms with Gasteiger partial charge in [-0.3, -0.25) is 0 Å². The molecule has 0 amide bonds. The van der Waals surface area contributed by atoms with Crippen LogP contribution in [-0.2, 0) is 6.54 Å². The number of nitrogens with zero attached hydrogens (tertiary/aromatic N) is 2. The maximum atomic E-state index is 3.94. The van der Waals surface area contributed by atoms with Crippen LogP contribution < -0.4 is 5.32 Å². The highest BCUT2D eigenvalue weighted by molar-refractivity contribution is 5.08. The molecule has 3 aliphatic carbocycles. The lowest BCUT2D eigenvalue weighted by atomic mass is 9.79. The van der Waals surface area contributed by atoms with E-state index in [0.29, 0.717) is 0 Å². The molecule has 3 heteroatoms. The number of hydrogen-bond donors (Lipinski definition) is 1. The Morgan fingerprint density at radius 1 is 1.11 bits per heavy atom. The van der Waals surface area contributed by atoms with Gasteiger partial charge in [0.25, 0.3) is 0 Å². The van der Waals surface area contributed by atoms with Crippen LogP contribution in [0.5, 0.6) is 0 Å². The van der Waals surface area contributed by atoms with Crippen LogP contribution >= 0.6 is 0 Å². The second-order valence-electron chi connectivity index (χ2n) is 6.39. The molecular formula is C15H21N3. The predicted molar refractivity (Wildman–Crippen MR) is 69.7 cm³/mol. The summed E-state index contributed by atoms with van der Waals surface area (Å²) in [5.74, 6) is 4.15. The molecule has 4 rings (SSSR count). The zero-order valence-corrected chi connectivity index (χ0v) is 10.8. The maximum Gasteiger partial charge on any atom is 0.0541 e. The standard InChI is InChI=1S/C15H21N3/c1-2-12-11-6-14(13(12)3-1)15(7-11)16-8-10-4-5-17-18-9-10/h4-5,9,11-16H,1-3,6-8H2/t11-,12+,13+,14-,15+/m0/s1. The van der Waals surface area contributed by atoms with Gasteiger partial charge in [0.1, 0.15) is 0 Å². The first-order valence-electron chi connectivity index (χ1n) is 7.41. The summed E-state index contributed by atoms with van der Waals surface area (Å²) in [6.45, 7) is 0.959. The number of rotatable bonds is 3. The Balaban J connectivity index is 1.40. The molecule has 3 aliphatic rings. The van der Waals surface area contributed by atoms with Gasteiger partial charge in [0.15, 0.2) is 0 Å². The summed E-state index contributed by atoms with van der Waals surface area (Å²) in [5.41, 5.74) is 1.26. The van der Waals surface area contributed by atoms with Crippen molar-refractivity contribution in [1.29, 1.82) is 0 Å². The van der Waals surface area contributed by atoms with Crippen molar-refractivity contribution in [1.82, 2.24) is 15.5 Å². The molecule has 2 bridgehead atoms. The predicted octanol–water partition coefficient (Wildman–Crippen LogP) is 2.39. The third kappa shape index (κ3) is 1.68. The average molecular weight is 243 g/mol. The van der Waals surface area contributed by atoms with E-state index in [2.05, 4.69) is 21.6 Å². The number of hydrogen-bond acceptors (Lipinski definition) is 3. The Bertz CT molecular complexity index is 419. The van der Waals surface area contributed by atoms with Crippen molar-refractivity contribution in [3.63, 3.8) is 0 Å². The van der Waals surface area contributed by atoms with Gasteiger partial charge in [-0.05, 0) is 61.0 Å².